The van der Waals surface area contributed by atoms with Gasteiger partial charge in [0.25, 0.3) is 0 Å². The summed E-state index contributed by atoms with van der Waals surface area (Å²) in [5.74, 6) is 6.32. The molecule has 1 saturated heterocycles. The number of amides is 1. The number of carbonyl (C=O) groups is 1. The van der Waals surface area contributed by atoms with Crippen molar-refractivity contribution in [1.82, 2.24) is 4.90 Å². The standard InChI is InChI=1S/C22H28N6O/c23-19-6-2-1-5-18(19)22(25)20(24)15-28(26)17-10-7-16(8-11-17)9-12-21(29)27-13-3-4-14-27/h1-2,5-8,10-11,15,25H,3-4,9,12-14,23-24,26H2/b20-15-,25-22?. The van der Waals surface area contributed by atoms with Crippen LogP contribution >= 0.6 is 0 Å². The van der Waals surface area contributed by atoms with Crippen molar-refractivity contribution in [3.05, 3.63) is 71.6 Å². The van der Waals surface area contributed by atoms with Crippen LogP contribution in [-0.2, 0) is 11.2 Å². The Morgan fingerprint density at radius 1 is 1.10 bits per heavy atom. The van der Waals surface area contributed by atoms with E-state index < -0.39 is 0 Å². The van der Waals surface area contributed by atoms with Gasteiger partial charge in [0.15, 0.2) is 0 Å². The number of hydrazine groups is 1. The molecule has 0 radical (unpaired) electrons. The minimum atomic E-state index is 0.121. The SMILES string of the molecule is N=C(/C(N)=C/N(N)c1ccc(CCC(=O)N2CCCC2)cc1)c1ccccc1N. The second kappa shape index (κ2) is 9.25. The van der Waals surface area contributed by atoms with Gasteiger partial charge in [-0.2, -0.15) is 0 Å². The number of benzene rings is 2. The first-order valence-electron chi connectivity index (χ1n) is 9.77. The first kappa shape index (κ1) is 20.4. The molecule has 0 bridgehead atoms. The van der Waals surface area contributed by atoms with Crippen LogP contribution in [0.25, 0.3) is 0 Å². The molecule has 2 aromatic rings. The molecule has 3 rings (SSSR count). The molecular formula is C22H28N6O. The molecule has 1 amide bonds. The first-order valence-corrected chi connectivity index (χ1v) is 9.77. The van der Waals surface area contributed by atoms with E-state index in [1.807, 2.05) is 35.2 Å². The minimum absolute atomic E-state index is 0.121. The molecule has 2 aromatic carbocycles. The van der Waals surface area contributed by atoms with E-state index in [1.54, 1.807) is 18.2 Å². The number of nitrogens with two attached hydrogens (primary N) is 3. The summed E-state index contributed by atoms with van der Waals surface area (Å²) in [6.45, 7) is 1.77. The number of hydrogen-bond acceptors (Lipinski definition) is 6. The second-order valence-electron chi connectivity index (χ2n) is 7.21. The molecule has 29 heavy (non-hydrogen) atoms. The highest BCUT2D eigenvalue weighted by Crippen LogP contribution is 2.18. The summed E-state index contributed by atoms with van der Waals surface area (Å²) in [5.41, 5.74) is 15.2. The van der Waals surface area contributed by atoms with E-state index in [2.05, 4.69) is 0 Å². The number of para-hydroxylation sites is 1. The van der Waals surface area contributed by atoms with Crippen LogP contribution in [0.2, 0.25) is 0 Å². The van der Waals surface area contributed by atoms with E-state index in [-0.39, 0.29) is 17.3 Å². The molecular weight excluding hydrogens is 364 g/mol. The van der Waals surface area contributed by atoms with Crippen LogP contribution in [0.1, 0.15) is 30.4 Å². The Hall–Kier alpha value is -3.32. The number of allylic oxidation sites excluding steroid dienone is 1. The fraction of sp³-hybridized carbons (Fsp3) is 0.273. The van der Waals surface area contributed by atoms with Crippen LogP contribution in [0.5, 0.6) is 0 Å². The number of anilines is 2. The lowest BCUT2D eigenvalue weighted by molar-refractivity contribution is -0.130. The number of rotatable bonds is 7. The fourth-order valence-corrected chi connectivity index (χ4v) is 3.38. The van der Waals surface area contributed by atoms with Crippen molar-refractivity contribution in [2.24, 2.45) is 11.6 Å². The Kier molecular flexibility index (Phi) is 6.51. The molecule has 1 aliphatic heterocycles. The Bertz CT molecular complexity index is 900. The van der Waals surface area contributed by atoms with E-state index in [0.29, 0.717) is 24.1 Å². The van der Waals surface area contributed by atoms with Crippen molar-refractivity contribution in [1.29, 1.82) is 5.41 Å². The molecule has 0 aliphatic carbocycles. The summed E-state index contributed by atoms with van der Waals surface area (Å²) < 4.78 is 0. The lowest BCUT2D eigenvalue weighted by Crippen LogP contribution is -2.28. The number of aryl methyl sites for hydroxylation is 1. The Labute approximate surface area is 171 Å². The molecule has 0 atom stereocenters. The highest BCUT2D eigenvalue weighted by Gasteiger charge is 2.17. The smallest absolute Gasteiger partial charge is 0.222 e. The normalized spacial score (nSPS) is 14.1. The topological polar surface area (TPSA) is 125 Å². The number of likely N-dealkylation sites (tertiary alicyclic amines) is 1. The maximum absolute atomic E-state index is 12.2. The van der Waals surface area contributed by atoms with Gasteiger partial charge in [-0.3, -0.25) is 15.2 Å². The third kappa shape index (κ3) is 5.14. The second-order valence-corrected chi connectivity index (χ2v) is 7.21. The van der Waals surface area contributed by atoms with Crippen LogP contribution in [0.3, 0.4) is 0 Å². The molecule has 7 heteroatoms. The third-order valence-corrected chi connectivity index (χ3v) is 5.12. The Morgan fingerprint density at radius 3 is 2.41 bits per heavy atom. The van der Waals surface area contributed by atoms with Gasteiger partial charge in [0.05, 0.1) is 17.1 Å². The number of hydrogen-bond donors (Lipinski definition) is 4. The lowest BCUT2D eigenvalue weighted by Gasteiger charge is -2.17. The van der Waals surface area contributed by atoms with Crippen LogP contribution in [0.15, 0.2) is 60.4 Å². The lowest BCUT2D eigenvalue weighted by atomic mass is 10.1. The molecule has 0 unspecified atom stereocenters. The number of nitrogens with zero attached hydrogens (tertiary/aromatic N) is 2. The fourth-order valence-electron chi connectivity index (χ4n) is 3.38. The van der Waals surface area contributed by atoms with Gasteiger partial charge < -0.3 is 16.4 Å². The van der Waals surface area contributed by atoms with E-state index in [9.17, 15) is 4.79 Å². The molecule has 7 N–H and O–H groups in total. The largest absolute Gasteiger partial charge is 0.398 e. The molecule has 1 fully saturated rings. The summed E-state index contributed by atoms with van der Waals surface area (Å²) in [4.78, 5) is 14.1. The highest BCUT2D eigenvalue weighted by atomic mass is 16.2. The molecule has 7 nitrogen and oxygen atoms in total. The third-order valence-electron chi connectivity index (χ3n) is 5.12. The van der Waals surface area contributed by atoms with Gasteiger partial charge in [0.1, 0.15) is 0 Å². The van der Waals surface area contributed by atoms with Gasteiger partial charge in [-0.1, -0.05) is 30.3 Å². The van der Waals surface area contributed by atoms with Crippen molar-refractivity contribution >= 4 is 23.0 Å². The quantitative estimate of drug-likeness (QED) is 0.249. The maximum atomic E-state index is 12.2. The zero-order valence-electron chi connectivity index (χ0n) is 16.5. The molecule has 1 heterocycles. The molecule has 1 aliphatic rings. The van der Waals surface area contributed by atoms with E-state index in [0.717, 1.165) is 37.2 Å². The Balaban J connectivity index is 1.60. The molecule has 0 saturated carbocycles. The Morgan fingerprint density at radius 2 is 1.76 bits per heavy atom. The van der Waals surface area contributed by atoms with Gasteiger partial charge in [-0.05, 0) is 43.0 Å². The van der Waals surface area contributed by atoms with E-state index in [1.165, 1.54) is 11.2 Å². The van der Waals surface area contributed by atoms with Crippen LogP contribution in [-0.4, -0.2) is 29.6 Å². The van der Waals surface area contributed by atoms with Crippen LogP contribution in [0, 0.1) is 5.41 Å². The number of nitrogen functional groups attached to an aromatic ring is 1. The zero-order valence-corrected chi connectivity index (χ0v) is 16.5. The summed E-state index contributed by atoms with van der Waals surface area (Å²) in [6.07, 6.45) is 4.94. The zero-order chi connectivity index (χ0) is 20.8. The number of carbonyl (C=O) groups excluding carboxylic acids is 1. The van der Waals surface area contributed by atoms with Crippen LogP contribution in [0.4, 0.5) is 11.4 Å². The summed E-state index contributed by atoms with van der Waals surface area (Å²) >= 11 is 0. The average molecular weight is 393 g/mol. The summed E-state index contributed by atoms with van der Waals surface area (Å²) in [5, 5.41) is 9.62. The highest BCUT2D eigenvalue weighted by molar-refractivity contribution is 6.13. The van der Waals surface area contributed by atoms with Crippen molar-refractivity contribution in [3.8, 4) is 0 Å². The van der Waals surface area contributed by atoms with E-state index >= 15 is 0 Å². The maximum Gasteiger partial charge on any atom is 0.222 e. The minimum Gasteiger partial charge on any atom is -0.398 e. The van der Waals surface area contributed by atoms with Gasteiger partial charge in [-0.25, -0.2) is 5.84 Å². The van der Waals surface area contributed by atoms with Crippen molar-refractivity contribution in [3.63, 3.8) is 0 Å². The summed E-state index contributed by atoms with van der Waals surface area (Å²) in [6, 6.07) is 14.7. The molecule has 152 valence electrons. The van der Waals surface area contributed by atoms with Crippen molar-refractivity contribution in [2.75, 3.05) is 23.8 Å². The first-order chi connectivity index (χ1) is 14.0. The van der Waals surface area contributed by atoms with Gasteiger partial charge in [-0.15, -0.1) is 0 Å². The van der Waals surface area contributed by atoms with Gasteiger partial charge in [0, 0.05) is 37.0 Å². The van der Waals surface area contributed by atoms with Crippen LogP contribution < -0.4 is 22.3 Å². The monoisotopic (exact) mass is 392 g/mol. The van der Waals surface area contributed by atoms with Crippen molar-refractivity contribution < 1.29 is 4.79 Å². The number of nitrogens with one attached hydrogen (secondary N) is 1. The summed E-state index contributed by atoms with van der Waals surface area (Å²) in [7, 11) is 0. The molecule has 0 aromatic heterocycles. The van der Waals surface area contributed by atoms with Gasteiger partial charge in [0.2, 0.25) is 5.91 Å². The van der Waals surface area contributed by atoms with Crippen molar-refractivity contribution in [2.45, 2.75) is 25.7 Å². The molecule has 0 spiro atoms. The average Bonchev–Trinajstić information content (AvgIpc) is 3.27. The predicted molar refractivity (Wildman–Crippen MR) is 117 cm³/mol. The van der Waals surface area contributed by atoms with Gasteiger partial charge >= 0.3 is 0 Å². The predicted octanol–water partition coefficient (Wildman–Crippen LogP) is 2.37. The van der Waals surface area contributed by atoms with E-state index in [4.69, 9.17) is 22.7 Å².